The minimum Gasteiger partial charge on any atom is -0.386 e. The van der Waals surface area contributed by atoms with Gasteiger partial charge >= 0.3 is 0 Å². The summed E-state index contributed by atoms with van der Waals surface area (Å²) in [5.41, 5.74) is -0.438. The fourth-order valence-corrected chi connectivity index (χ4v) is 1.80. The second kappa shape index (κ2) is 6.76. The van der Waals surface area contributed by atoms with Gasteiger partial charge < -0.3 is 15.2 Å². The maximum atomic E-state index is 13.4. The Morgan fingerprint density at radius 1 is 1.40 bits per heavy atom. The normalized spacial score (nSPS) is 15.9. The van der Waals surface area contributed by atoms with Crippen molar-refractivity contribution in [3.05, 3.63) is 35.4 Å². The molecule has 1 aromatic carbocycles. The number of ether oxygens (including phenoxy) is 1. The van der Waals surface area contributed by atoms with E-state index in [9.17, 15) is 18.7 Å². The Hall–Kier alpha value is -1.53. The van der Waals surface area contributed by atoms with E-state index < -0.39 is 29.2 Å². The molecule has 1 unspecified atom stereocenters. The van der Waals surface area contributed by atoms with Gasteiger partial charge in [0.1, 0.15) is 24.3 Å². The summed E-state index contributed by atoms with van der Waals surface area (Å²) in [6.45, 7) is 0.185. The number of hydrogen-bond donors (Lipinski definition) is 2. The van der Waals surface area contributed by atoms with Crippen molar-refractivity contribution in [2.75, 3.05) is 19.8 Å². The van der Waals surface area contributed by atoms with Gasteiger partial charge in [0.2, 0.25) is 5.91 Å². The average molecular weight is 285 g/mol. The van der Waals surface area contributed by atoms with Crippen molar-refractivity contribution in [1.82, 2.24) is 5.32 Å². The lowest BCUT2D eigenvalue weighted by Gasteiger charge is -2.14. The second-order valence-electron chi connectivity index (χ2n) is 4.91. The van der Waals surface area contributed by atoms with Crippen molar-refractivity contribution in [1.29, 1.82) is 0 Å². The van der Waals surface area contributed by atoms with Crippen LogP contribution < -0.4 is 5.32 Å². The molecule has 110 valence electrons. The molecule has 0 spiro atoms. The first-order chi connectivity index (χ1) is 9.58. The molecule has 0 saturated heterocycles. The summed E-state index contributed by atoms with van der Waals surface area (Å²) in [6, 6.07) is 3.33. The molecule has 1 saturated carbocycles. The Labute approximate surface area is 115 Å². The molecule has 4 nitrogen and oxygen atoms in total. The number of carbonyl (C=O) groups is 1. The van der Waals surface area contributed by atoms with Crippen LogP contribution in [0.1, 0.15) is 24.5 Å². The van der Waals surface area contributed by atoms with E-state index >= 15 is 0 Å². The Balaban J connectivity index is 1.75. The smallest absolute Gasteiger partial charge is 0.246 e. The van der Waals surface area contributed by atoms with Crippen LogP contribution in [0.3, 0.4) is 0 Å². The van der Waals surface area contributed by atoms with E-state index in [2.05, 4.69) is 5.32 Å². The van der Waals surface area contributed by atoms with Crippen molar-refractivity contribution in [3.8, 4) is 0 Å². The number of rotatable bonds is 7. The highest BCUT2D eigenvalue weighted by Gasteiger charge is 2.22. The number of hydrogen-bond acceptors (Lipinski definition) is 3. The zero-order chi connectivity index (χ0) is 14.5. The number of halogens is 2. The van der Waals surface area contributed by atoms with Gasteiger partial charge in [-0.2, -0.15) is 0 Å². The Bertz CT molecular complexity index is 457. The van der Waals surface area contributed by atoms with Gasteiger partial charge in [0.05, 0.1) is 12.2 Å². The highest BCUT2D eigenvalue weighted by Crippen LogP contribution is 2.28. The number of carbonyl (C=O) groups excluding carboxylic acids is 1. The maximum absolute atomic E-state index is 13.4. The van der Waals surface area contributed by atoms with Crippen molar-refractivity contribution in [2.45, 2.75) is 18.9 Å². The second-order valence-corrected chi connectivity index (χ2v) is 4.91. The van der Waals surface area contributed by atoms with Crippen LogP contribution >= 0.6 is 0 Å². The van der Waals surface area contributed by atoms with Crippen LogP contribution in [0.4, 0.5) is 8.78 Å². The first-order valence-electron chi connectivity index (χ1n) is 6.54. The van der Waals surface area contributed by atoms with Crippen LogP contribution in [0.2, 0.25) is 0 Å². The molecule has 0 aliphatic heterocycles. The van der Waals surface area contributed by atoms with Crippen LogP contribution in [0, 0.1) is 17.6 Å². The largest absolute Gasteiger partial charge is 0.386 e. The van der Waals surface area contributed by atoms with Gasteiger partial charge in [0.15, 0.2) is 0 Å². The number of amides is 1. The van der Waals surface area contributed by atoms with Crippen molar-refractivity contribution >= 4 is 5.91 Å². The lowest BCUT2D eigenvalue weighted by Crippen LogP contribution is -2.32. The van der Waals surface area contributed by atoms with E-state index in [1.807, 2.05) is 0 Å². The van der Waals surface area contributed by atoms with Crippen LogP contribution in [0.25, 0.3) is 0 Å². The molecule has 1 fully saturated rings. The fourth-order valence-electron chi connectivity index (χ4n) is 1.80. The quantitative estimate of drug-likeness (QED) is 0.799. The molecular formula is C14H17F2NO3. The standard InChI is InChI=1S/C14H17F2NO3/c15-10-2-1-3-11(16)14(10)12(18)6-17-13(19)8-20-7-9-4-5-9/h1-3,9,12,18H,4-8H2,(H,17,19). The predicted octanol–water partition coefficient (Wildman–Crippen LogP) is 1.54. The first-order valence-corrected chi connectivity index (χ1v) is 6.54. The topological polar surface area (TPSA) is 58.6 Å². The number of aliphatic hydroxyl groups excluding tert-OH is 1. The van der Waals surface area contributed by atoms with Gasteiger partial charge in [-0.1, -0.05) is 6.07 Å². The van der Waals surface area contributed by atoms with E-state index in [-0.39, 0.29) is 13.2 Å². The molecule has 6 heteroatoms. The molecular weight excluding hydrogens is 268 g/mol. The van der Waals surface area contributed by atoms with E-state index in [1.165, 1.54) is 6.07 Å². The summed E-state index contributed by atoms with van der Waals surface area (Å²) in [5, 5.41) is 12.1. The Kier molecular flexibility index (Phi) is 5.03. The number of benzene rings is 1. The molecule has 0 radical (unpaired) electrons. The van der Waals surface area contributed by atoms with Crippen LogP contribution in [-0.4, -0.2) is 30.8 Å². The highest BCUT2D eigenvalue weighted by molar-refractivity contribution is 5.77. The third kappa shape index (κ3) is 4.25. The van der Waals surface area contributed by atoms with Gasteiger partial charge in [0.25, 0.3) is 0 Å². The van der Waals surface area contributed by atoms with Crippen LogP contribution in [0.5, 0.6) is 0 Å². The molecule has 1 aromatic rings. The van der Waals surface area contributed by atoms with Gasteiger partial charge in [-0.25, -0.2) is 8.78 Å². The predicted molar refractivity (Wildman–Crippen MR) is 67.9 cm³/mol. The third-order valence-corrected chi connectivity index (χ3v) is 3.11. The number of aliphatic hydroxyl groups is 1. The average Bonchev–Trinajstić information content (AvgIpc) is 3.20. The highest BCUT2D eigenvalue weighted by atomic mass is 19.1. The molecule has 1 amide bonds. The first kappa shape index (κ1) is 14.9. The van der Waals surface area contributed by atoms with E-state index in [0.717, 1.165) is 25.0 Å². The molecule has 0 aromatic heterocycles. The SMILES string of the molecule is O=C(COCC1CC1)NCC(O)c1c(F)cccc1F. The van der Waals surface area contributed by atoms with Crippen LogP contribution in [0.15, 0.2) is 18.2 Å². The molecule has 1 atom stereocenters. The van der Waals surface area contributed by atoms with Crippen LogP contribution in [-0.2, 0) is 9.53 Å². The molecule has 20 heavy (non-hydrogen) atoms. The molecule has 2 N–H and O–H groups in total. The summed E-state index contributed by atoms with van der Waals surface area (Å²) in [6.07, 6.45) is 0.836. The van der Waals surface area contributed by atoms with Gasteiger partial charge in [-0.05, 0) is 30.9 Å². The van der Waals surface area contributed by atoms with Crippen molar-refractivity contribution in [3.63, 3.8) is 0 Å². The zero-order valence-electron chi connectivity index (χ0n) is 10.9. The summed E-state index contributed by atoms with van der Waals surface area (Å²) < 4.78 is 31.9. The summed E-state index contributed by atoms with van der Waals surface area (Å²) in [4.78, 5) is 11.4. The maximum Gasteiger partial charge on any atom is 0.246 e. The summed E-state index contributed by atoms with van der Waals surface area (Å²) in [5.74, 6) is -1.53. The zero-order valence-corrected chi connectivity index (χ0v) is 10.9. The molecule has 1 aliphatic rings. The molecule has 0 heterocycles. The summed E-state index contributed by atoms with van der Waals surface area (Å²) >= 11 is 0. The lowest BCUT2D eigenvalue weighted by molar-refractivity contribution is -0.126. The fraction of sp³-hybridized carbons (Fsp3) is 0.500. The van der Waals surface area contributed by atoms with E-state index in [4.69, 9.17) is 4.74 Å². The minimum absolute atomic E-state index is 0.108. The van der Waals surface area contributed by atoms with Gasteiger partial charge in [-0.3, -0.25) is 4.79 Å². The molecule has 1 aliphatic carbocycles. The minimum atomic E-state index is -1.43. The lowest BCUT2D eigenvalue weighted by atomic mass is 10.1. The third-order valence-electron chi connectivity index (χ3n) is 3.11. The van der Waals surface area contributed by atoms with Crippen molar-refractivity contribution < 1.29 is 23.4 Å². The van der Waals surface area contributed by atoms with E-state index in [1.54, 1.807) is 0 Å². The Morgan fingerprint density at radius 2 is 2.05 bits per heavy atom. The van der Waals surface area contributed by atoms with Crippen molar-refractivity contribution in [2.24, 2.45) is 5.92 Å². The summed E-state index contributed by atoms with van der Waals surface area (Å²) in [7, 11) is 0. The molecule has 2 rings (SSSR count). The Morgan fingerprint density at radius 3 is 2.65 bits per heavy atom. The van der Waals surface area contributed by atoms with E-state index in [0.29, 0.717) is 12.5 Å². The van der Waals surface area contributed by atoms with Gasteiger partial charge in [0, 0.05) is 6.54 Å². The van der Waals surface area contributed by atoms with Gasteiger partial charge in [-0.15, -0.1) is 0 Å². The number of nitrogens with one attached hydrogen (secondary N) is 1. The molecule has 0 bridgehead atoms. The monoisotopic (exact) mass is 285 g/mol.